The van der Waals surface area contributed by atoms with Gasteiger partial charge in [0.25, 0.3) is 5.56 Å². The first-order chi connectivity index (χ1) is 20.2. The van der Waals surface area contributed by atoms with Gasteiger partial charge in [0.2, 0.25) is 0 Å². The summed E-state index contributed by atoms with van der Waals surface area (Å²) >= 11 is 1.05. The summed E-state index contributed by atoms with van der Waals surface area (Å²) in [5, 5.41) is 0. The molecule has 0 saturated heterocycles. The Bertz CT molecular complexity index is 1740. The number of ether oxygens (including phenoxy) is 6. The Morgan fingerprint density at radius 1 is 0.833 bits per heavy atom. The van der Waals surface area contributed by atoms with Crippen molar-refractivity contribution in [3.05, 3.63) is 72.6 Å². The first-order valence-corrected chi connectivity index (χ1v) is 13.8. The van der Waals surface area contributed by atoms with Crippen LogP contribution in [0.5, 0.6) is 23.0 Å². The van der Waals surface area contributed by atoms with Gasteiger partial charge >= 0.3 is 11.9 Å². The van der Waals surface area contributed by atoms with E-state index >= 15 is 0 Å². The Labute approximate surface area is 246 Å². The molecule has 4 rings (SSSR count). The molecule has 1 aliphatic rings. The van der Waals surface area contributed by atoms with Gasteiger partial charge in [0.1, 0.15) is 10.5 Å². The Hall–Kier alpha value is -4.71. The van der Waals surface area contributed by atoms with E-state index in [1.54, 1.807) is 56.3 Å². The molecule has 0 aliphatic carbocycles. The molecule has 222 valence electrons. The van der Waals surface area contributed by atoms with Gasteiger partial charge in [0.15, 0.2) is 23.0 Å². The third-order valence-electron chi connectivity index (χ3n) is 6.59. The number of carbonyl (C=O) groups excluding carboxylic acids is 2. The molecule has 11 nitrogen and oxygen atoms in total. The van der Waals surface area contributed by atoms with Gasteiger partial charge in [-0.1, -0.05) is 12.1 Å². The summed E-state index contributed by atoms with van der Waals surface area (Å²) in [5.41, 5.74) is 7.19. The Balaban J connectivity index is 2.10. The van der Waals surface area contributed by atoms with E-state index in [1.165, 1.54) is 28.4 Å². The minimum Gasteiger partial charge on any atom is -0.493 e. The maximum absolute atomic E-state index is 13.8. The molecule has 2 aromatic carbocycles. The standard InChI is InChI=1S/C30H32N2O9S/c1-7-40-29(34)24-23(17-10-12-19(37-4)21(15-17)39-6)25(30(35)41-8-2)28-32(26(24)31)27(33)22(42-28)14-16-9-11-18(36-3)20(13-16)38-5/h9-15,23H,7-8,31H2,1-6H3. The highest BCUT2D eigenvalue weighted by molar-refractivity contribution is 7.07. The molecule has 1 aromatic heterocycles. The van der Waals surface area contributed by atoms with Gasteiger partial charge in [-0.3, -0.25) is 9.36 Å². The number of carbonyl (C=O) groups is 2. The summed E-state index contributed by atoms with van der Waals surface area (Å²) in [4.78, 5) is 40.8. The van der Waals surface area contributed by atoms with Crippen molar-refractivity contribution in [2.75, 3.05) is 41.7 Å². The summed E-state index contributed by atoms with van der Waals surface area (Å²) in [6.45, 7) is 3.43. The maximum atomic E-state index is 13.8. The molecule has 0 amide bonds. The van der Waals surface area contributed by atoms with Gasteiger partial charge < -0.3 is 34.2 Å². The average Bonchev–Trinajstić information content (AvgIpc) is 3.31. The summed E-state index contributed by atoms with van der Waals surface area (Å²) in [6.07, 6.45) is 1.64. The van der Waals surface area contributed by atoms with Crippen LogP contribution in [0.4, 0.5) is 0 Å². The normalized spacial score (nSPS) is 14.8. The number of fused-ring (bicyclic) bond motifs is 1. The van der Waals surface area contributed by atoms with E-state index in [2.05, 4.69) is 0 Å². The molecule has 2 N–H and O–H groups in total. The highest BCUT2D eigenvalue weighted by atomic mass is 32.1. The van der Waals surface area contributed by atoms with Gasteiger partial charge in [-0.2, -0.15) is 0 Å². The average molecular weight is 597 g/mol. The van der Waals surface area contributed by atoms with Crippen molar-refractivity contribution in [1.29, 1.82) is 0 Å². The van der Waals surface area contributed by atoms with Gasteiger partial charge in [0.05, 0.1) is 63.2 Å². The second-order valence-corrected chi connectivity index (χ2v) is 9.90. The molecule has 2 heterocycles. The third-order valence-corrected chi connectivity index (χ3v) is 7.69. The van der Waals surface area contributed by atoms with Crippen molar-refractivity contribution in [3.63, 3.8) is 0 Å². The Kier molecular flexibility index (Phi) is 9.26. The molecular formula is C30H32N2O9S. The van der Waals surface area contributed by atoms with E-state index in [4.69, 9.17) is 34.2 Å². The maximum Gasteiger partial charge on any atom is 0.338 e. The van der Waals surface area contributed by atoms with Gasteiger partial charge in [-0.25, -0.2) is 9.59 Å². The van der Waals surface area contributed by atoms with Crippen molar-refractivity contribution in [2.45, 2.75) is 19.8 Å². The Morgan fingerprint density at radius 2 is 1.38 bits per heavy atom. The molecule has 1 aliphatic heterocycles. The fraction of sp³-hybridized carbons (Fsp3) is 0.300. The number of hydrogen-bond acceptors (Lipinski definition) is 11. The van der Waals surface area contributed by atoms with E-state index < -0.39 is 23.4 Å². The lowest BCUT2D eigenvalue weighted by Crippen LogP contribution is -2.42. The number of hydrogen-bond donors (Lipinski definition) is 1. The van der Waals surface area contributed by atoms with Crippen LogP contribution in [-0.2, 0) is 19.1 Å². The monoisotopic (exact) mass is 596 g/mol. The number of aromatic nitrogens is 1. The highest BCUT2D eigenvalue weighted by Crippen LogP contribution is 2.41. The molecule has 0 bridgehead atoms. The fourth-order valence-corrected chi connectivity index (χ4v) is 5.89. The van der Waals surface area contributed by atoms with Crippen molar-refractivity contribution in [2.24, 2.45) is 5.73 Å². The smallest absolute Gasteiger partial charge is 0.338 e. The number of nitrogens with two attached hydrogens (primary N) is 1. The van der Waals surface area contributed by atoms with Crippen LogP contribution in [-0.4, -0.2) is 58.2 Å². The molecule has 1 unspecified atom stereocenters. The highest BCUT2D eigenvalue weighted by Gasteiger charge is 2.40. The number of methoxy groups -OCH3 is 4. The van der Waals surface area contributed by atoms with Crippen molar-refractivity contribution < 1.29 is 38.0 Å². The molecule has 12 heteroatoms. The number of nitrogens with zero attached hydrogens (tertiary/aromatic N) is 1. The number of thiazole rings is 1. The van der Waals surface area contributed by atoms with Crippen molar-refractivity contribution >= 4 is 40.7 Å². The van der Waals surface area contributed by atoms with E-state index in [0.717, 1.165) is 15.9 Å². The number of benzene rings is 2. The first kappa shape index (κ1) is 30.3. The number of esters is 2. The second kappa shape index (κ2) is 12.9. The largest absolute Gasteiger partial charge is 0.493 e. The van der Waals surface area contributed by atoms with Crippen LogP contribution >= 0.6 is 11.3 Å². The van der Waals surface area contributed by atoms with E-state index in [1.807, 2.05) is 0 Å². The van der Waals surface area contributed by atoms with E-state index in [9.17, 15) is 14.4 Å². The molecule has 0 fully saturated rings. The molecule has 0 spiro atoms. The first-order valence-electron chi connectivity index (χ1n) is 13.0. The molecule has 3 aromatic rings. The fourth-order valence-electron chi connectivity index (χ4n) is 4.72. The van der Waals surface area contributed by atoms with Gasteiger partial charge in [-0.15, -0.1) is 11.3 Å². The molecule has 0 radical (unpaired) electrons. The quantitative estimate of drug-likeness (QED) is 0.346. The van der Waals surface area contributed by atoms with Crippen LogP contribution in [0.1, 0.15) is 30.9 Å². The van der Waals surface area contributed by atoms with Gasteiger partial charge in [0, 0.05) is 0 Å². The summed E-state index contributed by atoms with van der Waals surface area (Å²) in [5.74, 6) is -0.840. The van der Waals surface area contributed by atoms with Crippen LogP contribution in [0.3, 0.4) is 0 Å². The lowest BCUT2D eigenvalue weighted by molar-refractivity contribution is -0.138. The van der Waals surface area contributed by atoms with Crippen molar-refractivity contribution in [1.82, 2.24) is 4.57 Å². The topological polar surface area (TPSA) is 138 Å². The summed E-state index contributed by atoms with van der Waals surface area (Å²) < 4.78 is 34.0. The van der Waals surface area contributed by atoms with E-state index in [0.29, 0.717) is 34.1 Å². The molecular weight excluding hydrogens is 564 g/mol. The second-order valence-electron chi connectivity index (χ2n) is 8.87. The molecule has 0 saturated carbocycles. The Morgan fingerprint density at radius 3 is 1.95 bits per heavy atom. The van der Waals surface area contributed by atoms with Crippen LogP contribution in [0.2, 0.25) is 0 Å². The zero-order valence-electron chi connectivity index (χ0n) is 24.1. The van der Waals surface area contributed by atoms with Crippen LogP contribution in [0, 0.1) is 0 Å². The summed E-state index contributed by atoms with van der Waals surface area (Å²) in [6, 6.07) is 10.2. The summed E-state index contributed by atoms with van der Waals surface area (Å²) in [7, 11) is 6.01. The zero-order chi connectivity index (χ0) is 30.6. The third kappa shape index (κ3) is 5.45. The molecule has 1 atom stereocenters. The predicted octanol–water partition coefficient (Wildman–Crippen LogP) is 1.97. The molecule has 42 heavy (non-hydrogen) atoms. The SMILES string of the molecule is CCOC(=O)C1=C(N)n2c(sc(=Cc3ccc(OC)c(OC)c3)c2=O)=C(C(=O)OCC)C1c1ccc(OC)c(OC)c1. The zero-order valence-corrected chi connectivity index (χ0v) is 25.0. The number of rotatable bonds is 10. The minimum absolute atomic E-state index is 0.0483. The minimum atomic E-state index is -1.03. The van der Waals surface area contributed by atoms with Crippen LogP contribution in [0.25, 0.3) is 17.5 Å². The van der Waals surface area contributed by atoms with Crippen LogP contribution < -0.4 is 39.4 Å². The van der Waals surface area contributed by atoms with Gasteiger partial charge in [-0.05, 0) is 55.3 Å². The lowest BCUT2D eigenvalue weighted by atomic mass is 9.83. The predicted molar refractivity (Wildman–Crippen MR) is 157 cm³/mol. The van der Waals surface area contributed by atoms with E-state index in [-0.39, 0.29) is 39.4 Å². The van der Waals surface area contributed by atoms with Crippen LogP contribution in [0.15, 0.2) is 46.8 Å². The van der Waals surface area contributed by atoms with Crippen molar-refractivity contribution in [3.8, 4) is 23.0 Å². The lowest BCUT2D eigenvalue weighted by Gasteiger charge is -2.27.